The van der Waals surface area contributed by atoms with E-state index in [1.54, 1.807) is 6.20 Å². The molecular weight excluding hydrogens is 472 g/mol. The maximum atomic E-state index is 13.0. The third kappa shape index (κ3) is 5.29. The molecular formula is C31H32N6O. The van der Waals surface area contributed by atoms with E-state index in [0.29, 0.717) is 12.1 Å². The lowest BCUT2D eigenvalue weighted by molar-refractivity contribution is 0.0783. The van der Waals surface area contributed by atoms with Crippen molar-refractivity contribution in [1.29, 1.82) is 0 Å². The van der Waals surface area contributed by atoms with E-state index in [0.717, 1.165) is 64.5 Å². The molecule has 1 aromatic carbocycles. The molecule has 4 heterocycles. The average Bonchev–Trinajstić information content (AvgIpc) is 3.63. The first kappa shape index (κ1) is 24.2. The summed E-state index contributed by atoms with van der Waals surface area (Å²) in [5, 5.41) is 3.53. The van der Waals surface area contributed by atoms with Gasteiger partial charge in [0.2, 0.25) is 0 Å². The second-order valence-electron chi connectivity index (χ2n) is 10.5. The Hall–Kier alpha value is -4.10. The number of hydrogen-bond acceptors (Lipinski definition) is 6. The van der Waals surface area contributed by atoms with Crippen molar-refractivity contribution in [3.8, 4) is 33.6 Å². The minimum Gasteiger partial charge on any atom is -0.367 e. The minimum atomic E-state index is 0.0994. The van der Waals surface area contributed by atoms with E-state index in [9.17, 15) is 4.79 Å². The van der Waals surface area contributed by atoms with Gasteiger partial charge in [0.15, 0.2) is 0 Å². The van der Waals surface area contributed by atoms with Crippen LogP contribution in [0.5, 0.6) is 0 Å². The van der Waals surface area contributed by atoms with Crippen molar-refractivity contribution in [2.75, 3.05) is 32.5 Å². The number of amides is 1. The summed E-state index contributed by atoms with van der Waals surface area (Å²) in [6.45, 7) is 1.59. The van der Waals surface area contributed by atoms with Gasteiger partial charge in [-0.05, 0) is 86.9 Å². The molecule has 0 radical (unpaired) electrons. The third-order valence-electron chi connectivity index (χ3n) is 7.40. The number of aromatic nitrogens is 3. The molecule has 1 saturated heterocycles. The monoisotopic (exact) mass is 504 g/mol. The minimum absolute atomic E-state index is 0.0994. The van der Waals surface area contributed by atoms with Gasteiger partial charge in [-0.3, -0.25) is 14.8 Å². The Morgan fingerprint density at radius 2 is 1.68 bits per heavy atom. The molecule has 192 valence electrons. The standard InChI is InChI=1S/C31H32N6O/c1-36(2)27-12-14-37(20-27)31(38)22-8-6-21(7-9-22)24-15-25(19-32-18-24)23-16-29(28-5-3-4-13-33-28)35-30(17-23)34-26-10-11-26/h3-9,13,15-19,26-27H,10-12,14,20H2,1-2H3,(H,34,35)/t27-/m1/s1. The maximum Gasteiger partial charge on any atom is 0.253 e. The van der Waals surface area contributed by atoms with Crippen LogP contribution in [0, 0.1) is 0 Å². The van der Waals surface area contributed by atoms with Gasteiger partial charge in [0.05, 0.1) is 11.4 Å². The maximum absolute atomic E-state index is 13.0. The van der Waals surface area contributed by atoms with Gasteiger partial charge in [0.25, 0.3) is 5.91 Å². The highest BCUT2D eigenvalue weighted by Gasteiger charge is 2.28. The van der Waals surface area contributed by atoms with Gasteiger partial charge in [-0.1, -0.05) is 18.2 Å². The molecule has 6 rings (SSSR count). The van der Waals surface area contributed by atoms with Gasteiger partial charge in [-0.15, -0.1) is 0 Å². The van der Waals surface area contributed by atoms with E-state index in [-0.39, 0.29) is 5.91 Å². The molecule has 0 unspecified atom stereocenters. The molecule has 7 nitrogen and oxygen atoms in total. The molecule has 1 aliphatic heterocycles. The second kappa shape index (κ2) is 10.3. The van der Waals surface area contributed by atoms with Gasteiger partial charge in [-0.2, -0.15) is 0 Å². The normalized spacial score (nSPS) is 17.1. The van der Waals surface area contributed by atoms with Crippen LogP contribution in [-0.4, -0.2) is 69.9 Å². The van der Waals surface area contributed by atoms with E-state index in [1.165, 1.54) is 12.8 Å². The first-order valence-electron chi connectivity index (χ1n) is 13.2. The Morgan fingerprint density at radius 3 is 2.37 bits per heavy atom. The molecule has 0 bridgehead atoms. The number of benzene rings is 1. The van der Waals surface area contributed by atoms with E-state index in [4.69, 9.17) is 4.98 Å². The quantitative estimate of drug-likeness (QED) is 0.372. The van der Waals surface area contributed by atoms with Crippen LogP contribution in [0.2, 0.25) is 0 Å². The van der Waals surface area contributed by atoms with Crippen molar-refractivity contribution in [2.45, 2.75) is 31.3 Å². The van der Waals surface area contributed by atoms with E-state index < -0.39 is 0 Å². The molecule has 2 aliphatic rings. The molecule has 2 fully saturated rings. The lowest BCUT2D eigenvalue weighted by atomic mass is 10.0. The summed E-state index contributed by atoms with van der Waals surface area (Å²) in [6.07, 6.45) is 8.91. The van der Waals surface area contributed by atoms with Crippen molar-refractivity contribution < 1.29 is 4.79 Å². The zero-order valence-electron chi connectivity index (χ0n) is 21.8. The number of pyridine rings is 3. The molecule has 4 aromatic rings. The summed E-state index contributed by atoms with van der Waals surface area (Å²) in [7, 11) is 4.15. The Balaban J connectivity index is 1.26. The van der Waals surface area contributed by atoms with Crippen LogP contribution in [0.3, 0.4) is 0 Å². The molecule has 1 amide bonds. The van der Waals surface area contributed by atoms with Crippen LogP contribution >= 0.6 is 0 Å². The number of carbonyl (C=O) groups is 1. The molecule has 7 heteroatoms. The largest absolute Gasteiger partial charge is 0.367 e. The number of hydrogen-bond donors (Lipinski definition) is 1. The predicted octanol–water partition coefficient (Wildman–Crippen LogP) is 5.22. The van der Waals surface area contributed by atoms with Crippen LogP contribution in [0.1, 0.15) is 29.6 Å². The van der Waals surface area contributed by atoms with Crippen molar-refractivity contribution >= 4 is 11.7 Å². The van der Waals surface area contributed by atoms with Crippen molar-refractivity contribution in [2.24, 2.45) is 0 Å². The van der Waals surface area contributed by atoms with Crippen LogP contribution in [0.25, 0.3) is 33.6 Å². The lowest BCUT2D eigenvalue weighted by Crippen LogP contribution is -2.34. The Kier molecular flexibility index (Phi) is 6.60. The molecule has 38 heavy (non-hydrogen) atoms. The summed E-state index contributed by atoms with van der Waals surface area (Å²) < 4.78 is 0. The number of likely N-dealkylation sites (N-methyl/N-ethyl adjacent to an activating group) is 1. The van der Waals surface area contributed by atoms with Gasteiger partial charge < -0.3 is 15.1 Å². The van der Waals surface area contributed by atoms with Gasteiger partial charge in [0.1, 0.15) is 5.82 Å². The van der Waals surface area contributed by atoms with Gasteiger partial charge in [0, 0.05) is 60.5 Å². The van der Waals surface area contributed by atoms with E-state index in [1.807, 2.05) is 59.8 Å². The third-order valence-corrected chi connectivity index (χ3v) is 7.40. The van der Waals surface area contributed by atoms with Crippen LogP contribution in [0.15, 0.2) is 79.3 Å². The first-order chi connectivity index (χ1) is 18.5. The number of nitrogens with one attached hydrogen (secondary N) is 1. The Labute approximate surface area is 223 Å². The fourth-order valence-corrected chi connectivity index (χ4v) is 4.94. The topological polar surface area (TPSA) is 74.2 Å². The highest BCUT2D eigenvalue weighted by atomic mass is 16.2. The summed E-state index contributed by atoms with van der Waals surface area (Å²) >= 11 is 0. The van der Waals surface area contributed by atoms with E-state index >= 15 is 0 Å². The number of rotatable bonds is 7. The van der Waals surface area contributed by atoms with E-state index in [2.05, 4.69) is 52.5 Å². The SMILES string of the molecule is CN(C)[C@@H]1CCN(C(=O)c2ccc(-c3cncc(-c4cc(NC5CC5)nc(-c5ccccn5)c4)c3)cc2)C1. The smallest absolute Gasteiger partial charge is 0.253 e. The van der Waals surface area contributed by atoms with Crippen LogP contribution in [-0.2, 0) is 0 Å². The molecule has 3 aromatic heterocycles. The Morgan fingerprint density at radius 1 is 0.895 bits per heavy atom. The summed E-state index contributed by atoms with van der Waals surface area (Å²) in [5.41, 5.74) is 6.47. The van der Waals surface area contributed by atoms with Crippen molar-refractivity contribution in [3.63, 3.8) is 0 Å². The second-order valence-corrected chi connectivity index (χ2v) is 10.5. The number of nitrogens with zero attached hydrogens (tertiary/aromatic N) is 5. The highest BCUT2D eigenvalue weighted by Crippen LogP contribution is 2.32. The first-order valence-corrected chi connectivity index (χ1v) is 13.2. The summed E-state index contributed by atoms with van der Waals surface area (Å²) in [4.78, 5) is 31.1. The number of anilines is 1. The zero-order chi connectivity index (χ0) is 26.1. The zero-order valence-corrected chi connectivity index (χ0v) is 21.8. The summed E-state index contributed by atoms with van der Waals surface area (Å²) in [5.74, 6) is 0.958. The van der Waals surface area contributed by atoms with Crippen LogP contribution < -0.4 is 5.32 Å². The number of likely N-dealkylation sites (tertiary alicyclic amines) is 1. The molecule has 1 atom stereocenters. The fraction of sp³-hybridized carbons (Fsp3) is 0.290. The van der Waals surface area contributed by atoms with Crippen molar-refractivity contribution in [1.82, 2.24) is 24.8 Å². The highest BCUT2D eigenvalue weighted by molar-refractivity contribution is 5.95. The number of carbonyl (C=O) groups excluding carboxylic acids is 1. The average molecular weight is 505 g/mol. The lowest BCUT2D eigenvalue weighted by Gasteiger charge is -2.20. The fourth-order valence-electron chi connectivity index (χ4n) is 4.94. The van der Waals surface area contributed by atoms with Gasteiger partial charge >= 0.3 is 0 Å². The van der Waals surface area contributed by atoms with Crippen LogP contribution in [0.4, 0.5) is 5.82 Å². The molecule has 0 spiro atoms. The summed E-state index contributed by atoms with van der Waals surface area (Å²) in [6, 6.07) is 21.0. The van der Waals surface area contributed by atoms with Crippen molar-refractivity contribution in [3.05, 3.63) is 84.8 Å². The molecule has 1 saturated carbocycles. The predicted molar refractivity (Wildman–Crippen MR) is 151 cm³/mol. The van der Waals surface area contributed by atoms with Gasteiger partial charge in [-0.25, -0.2) is 4.98 Å². The molecule has 1 N–H and O–H groups in total. The Bertz CT molecular complexity index is 1430. The molecule has 1 aliphatic carbocycles.